The van der Waals surface area contributed by atoms with Gasteiger partial charge in [0.05, 0.1) is 20.6 Å². The molecule has 0 aliphatic carbocycles. The van der Waals surface area contributed by atoms with Gasteiger partial charge in [-0.05, 0) is 20.3 Å². The van der Waals surface area contributed by atoms with Gasteiger partial charge in [0.15, 0.2) is 0 Å². The maximum atomic E-state index is 2.67. The lowest BCUT2D eigenvalue weighted by Gasteiger charge is -2.34. The first kappa shape index (κ1) is 13.0. The van der Waals surface area contributed by atoms with Crippen LogP contribution in [-0.2, 0) is 0 Å². The number of likely N-dealkylation sites (N-methyl/N-ethyl adjacent to an activating group) is 1. The van der Waals surface area contributed by atoms with Crippen molar-refractivity contribution in [3.63, 3.8) is 0 Å². The molecule has 1 fully saturated rings. The normalized spacial score (nSPS) is 27.2. The van der Waals surface area contributed by atoms with Crippen molar-refractivity contribution in [2.75, 3.05) is 27.3 Å². The van der Waals surface area contributed by atoms with Crippen LogP contribution < -0.4 is 0 Å². The molecule has 0 spiro atoms. The van der Waals surface area contributed by atoms with Crippen LogP contribution in [0.2, 0.25) is 0 Å². The van der Waals surface area contributed by atoms with E-state index < -0.39 is 0 Å². The zero-order chi connectivity index (χ0) is 11.7. The average molecular weight is 213 g/mol. The highest BCUT2D eigenvalue weighted by atomic mass is 15.5. The van der Waals surface area contributed by atoms with Gasteiger partial charge in [-0.25, -0.2) is 4.90 Å². The van der Waals surface area contributed by atoms with E-state index in [0.29, 0.717) is 5.54 Å². The fourth-order valence-corrected chi connectivity index (χ4v) is 2.52. The molecule has 1 atom stereocenters. The van der Waals surface area contributed by atoms with Gasteiger partial charge in [0.1, 0.15) is 12.7 Å². The monoisotopic (exact) mass is 213 g/mol. The molecular formula is C13H29N2+. The Morgan fingerprint density at radius 3 is 2.33 bits per heavy atom. The van der Waals surface area contributed by atoms with Crippen LogP contribution in [0.5, 0.6) is 0 Å². The molecule has 1 saturated heterocycles. The predicted molar refractivity (Wildman–Crippen MR) is 66.7 cm³/mol. The first-order valence-electron chi connectivity index (χ1n) is 6.41. The van der Waals surface area contributed by atoms with Gasteiger partial charge in [0.25, 0.3) is 0 Å². The lowest BCUT2D eigenvalue weighted by molar-refractivity contribution is -0.906. The number of rotatable bonds is 4. The molecule has 90 valence electrons. The molecule has 0 aromatic carbocycles. The Morgan fingerprint density at radius 1 is 1.27 bits per heavy atom. The minimum atomic E-state index is 0.373. The van der Waals surface area contributed by atoms with Crippen LogP contribution >= 0.6 is 0 Å². The summed E-state index contributed by atoms with van der Waals surface area (Å²) >= 11 is 0. The second-order valence-corrected chi connectivity index (χ2v) is 6.25. The van der Waals surface area contributed by atoms with Gasteiger partial charge in [-0.1, -0.05) is 20.3 Å². The Kier molecular flexibility index (Phi) is 3.83. The van der Waals surface area contributed by atoms with E-state index in [9.17, 15) is 0 Å². The van der Waals surface area contributed by atoms with Crippen LogP contribution in [-0.4, -0.2) is 48.3 Å². The first-order valence-corrected chi connectivity index (χ1v) is 6.41. The fraction of sp³-hybridized carbons (Fsp3) is 1.00. The largest absolute Gasteiger partial charge is 0.312 e. The summed E-state index contributed by atoms with van der Waals surface area (Å²) in [4.78, 5) is 2.67. The lowest BCUT2D eigenvalue weighted by Crippen LogP contribution is -2.47. The van der Waals surface area contributed by atoms with Crippen LogP contribution in [0.15, 0.2) is 0 Å². The maximum Gasteiger partial charge on any atom is 0.135 e. The van der Waals surface area contributed by atoms with Crippen molar-refractivity contribution in [3.8, 4) is 0 Å². The molecule has 1 unspecified atom stereocenters. The molecule has 1 rings (SSSR count). The highest BCUT2D eigenvalue weighted by molar-refractivity contribution is 4.84. The lowest BCUT2D eigenvalue weighted by atomic mass is 9.99. The zero-order valence-electron chi connectivity index (χ0n) is 11.5. The summed E-state index contributed by atoms with van der Waals surface area (Å²) in [5.74, 6) is 0. The number of hydrogen-bond acceptors (Lipinski definition) is 1. The van der Waals surface area contributed by atoms with Gasteiger partial charge < -0.3 is 4.48 Å². The van der Waals surface area contributed by atoms with E-state index in [1.807, 2.05) is 0 Å². The first-order chi connectivity index (χ1) is 6.83. The molecule has 1 aliphatic heterocycles. The van der Waals surface area contributed by atoms with Crippen LogP contribution in [0.1, 0.15) is 47.0 Å². The van der Waals surface area contributed by atoms with Gasteiger partial charge in [0, 0.05) is 12.0 Å². The van der Waals surface area contributed by atoms with Gasteiger partial charge in [-0.3, -0.25) is 0 Å². The highest BCUT2D eigenvalue weighted by Gasteiger charge is 2.43. The number of nitrogens with zero attached hydrogens (tertiary/aromatic N) is 2. The van der Waals surface area contributed by atoms with E-state index in [-0.39, 0.29) is 0 Å². The maximum absolute atomic E-state index is 2.67. The Balaban J connectivity index is 2.69. The van der Waals surface area contributed by atoms with Crippen molar-refractivity contribution in [2.24, 2.45) is 0 Å². The Bertz CT molecular complexity index is 209. The molecule has 1 aliphatic rings. The summed E-state index contributed by atoms with van der Waals surface area (Å²) in [6.07, 6.45) is 3.92. The van der Waals surface area contributed by atoms with E-state index in [0.717, 1.165) is 6.04 Å². The topological polar surface area (TPSA) is 3.24 Å². The molecule has 0 radical (unpaired) electrons. The van der Waals surface area contributed by atoms with E-state index in [1.165, 1.54) is 37.0 Å². The summed E-state index contributed by atoms with van der Waals surface area (Å²) in [6.45, 7) is 11.8. The third kappa shape index (κ3) is 2.73. The van der Waals surface area contributed by atoms with Crippen molar-refractivity contribution in [3.05, 3.63) is 0 Å². The van der Waals surface area contributed by atoms with Crippen molar-refractivity contribution in [2.45, 2.75) is 58.5 Å². The molecule has 0 aromatic heterocycles. The SMILES string of the molecule is CCCC1CN(C(C)(C)CC)C[N+]1(C)C. The molecule has 0 bridgehead atoms. The van der Waals surface area contributed by atoms with Crippen molar-refractivity contribution >= 4 is 0 Å². The second kappa shape index (κ2) is 4.42. The van der Waals surface area contributed by atoms with Crippen LogP contribution in [0.3, 0.4) is 0 Å². The number of hydrogen-bond donors (Lipinski definition) is 0. The third-order valence-electron chi connectivity index (χ3n) is 4.30. The molecule has 1 heterocycles. The van der Waals surface area contributed by atoms with Crippen LogP contribution in [0.25, 0.3) is 0 Å². The van der Waals surface area contributed by atoms with Gasteiger partial charge in [-0.15, -0.1) is 0 Å². The molecule has 2 nitrogen and oxygen atoms in total. The smallest absolute Gasteiger partial charge is 0.135 e. The summed E-state index contributed by atoms with van der Waals surface area (Å²) in [6, 6.07) is 0.834. The van der Waals surface area contributed by atoms with Gasteiger partial charge in [0.2, 0.25) is 0 Å². The van der Waals surface area contributed by atoms with Crippen molar-refractivity contribution < 1.29 is 4.48 Å². The standard InChI is InChI=1S/C13H29N2/c1-7-9-12-10-14(11-15(12,5)6)13(3,4)8-2/h12H,7-11H2,1-6H3/q+1. The quantitative estimate of drug-likeness (QED) is 0.649. The molecule has 0 amide bonds. The predicted octanol–water partition coefficient (Wildman–Crippen LogP) is 2.69. The Labute approximate surface area is 95.8 Å². The minimum absolute atomic E-state index is 0.373. The van der Waals surface area contributed by atoms with E-state index in [2.05, 4.69) is 46.7 Å². The summed E-state index contributed by atoms with van der Waals surface area (Å²) < 4.78 is 1.18. The minimum Gasteiger partial charge on any atom is -0.312 e. The van der Waals surface area contributed by atoms with E-state index in [4.69, 9.17) is 0 Å². The highest BCUT2D eigenvalue weighted by Crippen LogP contribution is 2.29. The van der Waals surface area contributed by atoms with Gasteiger partial charge in [-0.2, -0.15) is 0 Å². The van der Waals surface area contributed by atoms with E-state index >= 15 is 0 Å². The van der Waals surface area contributed by atoms with Crippen molar-refractivity contribution in [1.82, 2.24) is 4.90 Å². The summed E-state index contributed by atoms with van der Waals surface area (Å²) in [7, 11) is 4.76. The molecule has 0 saturated carbocycles. The second-order valence-electron chi connectivity index (χ2n) is 6.25. The number of quaternary nitrogens is 1. The molecule has 2 heteroatoms. The molecule has 0 N–H and O–H groups in total. The van der Waals surface area contributed by atoms with Crippen LogP contribution in [0, 0.1) is 0 Å². The fourth-order valence-electron chi connectivity index (χ4n) is 2.52. The van der Waals surface area contributed by atoms with E-state index in [1.54, 1.807) is 0 Å². The zero-order valence-corrected chi connectivity index (χ0v) is 11.5. The third-order valence-corrected chi connectivity index (χ3v) is 4.30. The molecular weight excluding hydrogens is 184 g/mol. The average Bonchev–Trinajstić information content (AvgIpc) is 2.44. The summed E-state index contributed by atoms with van der Waals surface area (Å²) in [5, 5.41) is 0. The Hall–Kier alpha value is -0.0800. The Morgan fingerprint density at radius 2 is 1.87 bits per heavy atom. The summed E-state index contributed by atoms with van der Waals surface area (Å²) in [5.41, 5.74) is 0.373. The molecule has 15 heavy (non-hydrogen) atoms. The van der Waals surface area contributed by atoms with Gasteiger partial charge >= 0.3 is 0 Å². The van der Waals surface area contributed by atoms with Crippen LogP contribution in [0.4, 0.5) is 0 Å². The van der Waals surface area contributed by atoms with Crippen molar-refractivity contribution in [1.29, 1.82) is 0 Å². The molecule has 0 aromatic rings.